The Morgan fingerprint density at radius 1 is 1.38 bits per heavy atom. The van der Waals surface area contributed by atoms with Crippen molar-refractivity contribution in [1.29, 1.82) is 0 Å². The van der Waals surface area contributed by atoms with E-state index < -0.39 is 0 Å². The molecule has 0 spiro atoms. The lowest BCUT2D eigenvalue weighted by atomic mass is 10.1. The molecule has 0 amide bonds. The third-order valence-electron chi connectivity index (χ3n) is 3.85. The largest absolute Gasteiger partial charge is 0.317 e. The van der Waals surface area contributed by atoms with E-state index in [0.717, 1.165) is 25.9 Å². The number of hydrogen-bond acceptors (Lipinski definition) is 4. The van der Waals surface area contributed by atoms with E-state index in [-0.39, 0.29) is 17.6 Å². The Morgan fingerprint density at radius 2 is 2.14 bits per heavy atom. The number of aromatic nitrogens is 3. The van der Waals surface area contributed by atoms with E-state index in [1.165, 1.54) is 12.1 Å². The first kappa shape index (κ1) is 13.9. The fourth-order valence-corrected chi connectivity index (χ4v) is 2.56. The van der Waals surface area contributed by atoms with Crippen LogP contribution in [0.25, 0.3) is 0 Å². The second kappa shape index (κ2) is 5.73. The van der Waals surface area contributed by atoms with Crippen molar-refractivity contribution in [3.05, 3.63) is 47.0 Å². The molecule has 1 aliphatic rings. The molecule has 1 aromatic heterocycles. The van der Waals surface area contributed by atoms with Gasteiger partial charge in [-0.15, -0.1) is 5.10 Å². The summed E-state index contributed by atoms with van der Waals surface area (Å²) in [6.45, 7) is 3.54. The number of nitrogens with zero attached hydrogens (tertiary/aromatic N) is 3. The molecule has 1 aromatic carbocycles. The maximum absolute atomic E-state index is 13.3. The summed E-state index contributed by atoms with van der Waals surface area (Å²) in [6.07, 6.45) is 3.65. The van der Waals surface area contributed by atoms with Crippen molar-refractivity contribution in [3.63, 3.8) is 0 Å². The highest BCUT2D eigenvalue weighted by molar-refractivity contribution is 6.07. The summed E-state index contributed by atoms with van der Waals surface area (Å²) in [5, 5.41) is 11.3. The van der Waals surface area contributed by atoms with Gasteiger partial charge >= 0.3 is 0 Å². The van der Waals surface area contributed by atoms with Crippen LogP contribution in [0.4, 0.5) is 4.39 Å². The molecule has 3 rings (SSSR count). The number of halogens is 1. The molecule has 1 aliphatic heterocycles. The van der Waals surface area contributed by atoms with Crippen LogP contribution in [0.5, 0.6) is 0 Å². The molecule has 1 N–H and O–H groups in total. The lowest BCUT2D eigenvalue weighted by molar-refractivity contribution is 0.103. The number of aryl methyl sites for hydroxylation is 1. The van der Waals surface area contributed by atoms with Gasteiger partial charge in [-0.05, 0) is 56.6 Å². The molecule has 0 radical (unpaired) electrons. The standard InChI is InChI=1S/C15H17FN4O/c1-10-8-11(2-3-13(10)16)15(21)14-9-20(19-18-14)12-4-6-17-7-5-12/h2-3,8-9,12,17H,4-7H2,1H3. The van der Waals surface area contributed by atoms with E-state index in [4.69, 9.17) is 0 Å². The van der Waals surface area contributed by atoms with Crippen LogP contribution in [-0.4, -0.2) is 33.9 Å². The van der Waals surface area contributed by atoms with Crippen LogP contribution in [0.3, 0.4) is 0 Å². The molecule has 0 bridgehead atoms. The van der Waals surface area contributed by atoms with Crippen molar-refractivity contribution in [1.82, 2.24) is 20.3 Å². The van der Waals surface area contributed by atoms with Crippen LogP contribution in [0.2, 0.25) is 0 Å². The molecule has 0 saturated carbocycles. The number of rotatable bonds is 3. The molecule has 0 unspecified atom stereocenters. The number of carbonyl (C=O) groups is 1. The van der Waals surface area contributed by atoms with Gasteiger partial charge in [-0.2, -0.15) is 0 Å². The molecule has 110 valence electrons. The van der Waals surface area contributed by atoms with Crippen LogP contribution < -0.4 is 5.32 Å². The second-order valence-corrected chi connectivity index (χ2v) is 5.36. The number of benzene rings is 1. The molecule has 1 saturated heterocycles. The van der Waals surface area contributed by atoms with Gasteiger partial charge in [0.05, 0.1) is 12.2 Å². The van der Waals surface area contributed by atoms with Gasteiger partial charge in [0.25, 0.3) is 0 Å². The number of piperidine rings is 1. The summed E-state index contributed by atoms with van der Waals surface area (Å²) < 4.78 is 15.0. The maximum atomic E-state index is 13.3. The van der Waals surface area contributed by atoms with Gasteiger partial charge in [-0.1, -0.05) is 5.21 Å². The van der Waals surface area contributed by atoms with Gasteiger partial charge in [0.1, 0.15) is 5.82 Å². The van der Waals surface area contributed by atoms with Gasteiger partial charge in [-0.25, -0.2) is 9.07 Å². The molecule has 5 nitrogen and oxygen atoms in total. The molecule has 0 atom stereocenters. The molecule has 0 aliphatic carbocycles. The summed E-state index contributed by atoms with van der Waals surface area (Å²) >= 11 is 0. The first-order valence-electron chi connectivity index (χ1n) is 7.08. The van der Waals surface area contributed by atoms with Crippen molar-refractivity contribution < 1.29 is 9.18 Å². The zero-order chi connectivity index (χ0) is 14.8. The zero-order valence-corrected chi connectivity index (χ0v) is 11.8. The summed E-state index contributed by atoms with van der Waals surface area (Å²) in [6, 6.07) is 4.62. The minimum absolute atomic E-state index is 0.224. The molecule has 1 fully saturated rings. The zero-order valence-electron chi connectivity index (χ0n) is 11.8. The van der Waals surface area contributed by atoms with E-state index in [2.05, 4.69) is 15.6 Å². The van der Waals surface area contributed by atoms with Crippen LogP contribution >= 0.6 is 0 Å². The Kier molecular flexibility index (Phi) is 3.79. The fraction of sp³-hybridized carbons (Fsp3) is 0.400. The van der Waals surface area contributed by atoms with E-state index in [1.807, 2.05) is 0 Å². The van der Waals surface area contributed by atoms with E-state index in [0.29, 0.717) is 16.8 Å². The first-order valence-corrected chi connectivity index (χ1v) is 7.08. The molecule has 2 aromatic rings. The number of nitrogens with one attached hydrogen (secondary N) is 1. The normalized spacial score (nSPS) is 16.1. The fourth-order valence-electron chi connectivity index (χ4n) is 2.56. The van der Waals surface area contributed by atoms with Gasteiger partial charge in [0.2, 0.25) is 5.78 Å². The van der Waals surface area contributed by atoms with E-state index >= 15 is 0 Å². The summed E-state index contributed by atoms with van der Waals surface area (Å²) in [7, 11) is 0. The van der Waals surface area contributed by atoms with Gasteiger partial charge in [0.15, 0.2) is 5.69 Å². The first-order chi connectivity index (χ1) is 10.1. The minimum atomic E-state index is -0.315. The van der Waals surface area contributed by atoms with Crippen molar-refractivity contribution in [2.24, 2.45) is 0 Å². The predicted molar refractivity (Wildman–Crippen MR) is 75.7 cm³/mol. The highest BCUT2D eigenvalue weighted by Gasteiger charge is 2.19. The quantitative estimate of drug-likeness (QED) is 0.876. The second-order valence-electron chi connectivity index (χ2n) is 5.36. The summed E-state index contributed by atoms with van der Waals surface area (Å²) in [5.41, 5.74) is 1.19. The number of hydrogen-bond donors (Lipinski definition) is 1. The van der Waals surface area contributed by atoms with Crippen molar-refractivity contribution in [2.75, 3.05) is 13.1 Å². The lowest BCUT2D eigenvalue weighted by Crippen LogP contribution is -2.29. The third-order valence-corrected chi connectivity index (χ3v) is 3.85. The molecule has 6 heteroatoms. The minimum Gasteiger partial charge on any atom is -0.317 e. The van der Waals surface area contributed by atoms with Gasteiger partial charge in [0, 0.05) is 5.56 Å². The maximum Gasteiger partial charge on any atom is 0.214 e. The van der Waals surface area contributed by atoms with Crippen molar-refractivity contribution >= 4 is 5.78 Å². The smallest absolute Gasteiger partial charge is 0.214 e. The average molecular weight is 288 g/mol. The van der Waals surface area contributed by atoms with Gasteiger partial charge in [-0.3, -0.25) is 4.79 Å². The Labute approximate surface area is 122 Å². The van der Waals surface area contributed by atoms with Gasteiger partial charge < -0.3 is 5.32 Å². The number of ketones is 1. The monoisotopic (exact) mass is 288 g/mol. The average Bonchev–Trinajstić information content (AvgIpc) is 3.00. The Hall–Kier alpha value is -2.08. The highest BCUT2D eigenvalue weighted by atomic mass is 19.1. The Bertz CT molecular complexity index is 661. The molecule has 2 heterocycles. The van der Waals surface area contributed by atoms with Crippen LogP contribution in [0.15, 0.2) is 24.4 Å². The van der Waals surface area contributed by atoms with Crippen LogP contribution in [0.1, 0.15) is 40.5 Å². The third kappa shape index (κ3) is 2.85. The van der Waals surface area contributed by atoms with Crippen LogP contribution in [0, 0.1) is 12.7 Å². The highest BCUT2D eigenvalue weighted by Crippen LogP contribution is 2.18. The van der Waals surface area contributed by atoms with E-state index in [9.17, 15) is 9.18 Å². The van der Waals surface area contributed by atoms with Crippen molar-refractivity contribution in [3.8, 4) is 0 Å². The Balaban J connectivity index is 1.81. The summed E-state index contributed by atoms with van der Waals surface area (Å²) in [5.74, 6) is -0.539. The van der Waals surface area contributed by atoms with Crippen LogP contribution in [-0.2, 0) is 0 Å². The number of carbonyl (C=O) groups excluding carboxylic acids is 1. The van der Waals surface area contributed by atoms with Crippen molar-refractivity contribution in [2.45, 2.75) is 25.8 Å². The predicted octanol–water partition coefficient (Wildman–Crippen LogP) is 1.88. The molecular weight excluding hydrogens is 271 g/mol. The topological polar surface area (TPSA) is 59.8 Å². The molecule has 21 heavy (non-hydrogen) atoms. The lowest BCUT2D eigenvalue weighted by Gasteiger charge is -2.22. The molecular formula is C15H17FN4O. The Morgan fingerprint density at radius 3 is 2.86 bits per heavy atom. The SMILES string of the molecule is Cc1cc(C(=O)c2cn(C3CCNCC3)nn2)ccc1F. The van der Waals surface area contributed by atoms with E-state index in [1.54, 1.807) is 23.9 Å². The summed E-state index contributed by atoms with van der Waals surface area (Å²) in [4.78, 5) is 12.4.